The average molecular weight is 623 g/mol. The van der Waals surface area contributed by atoms with E-state index >= 15 is 0 Å². The molecule has 0 aliphatic rings. The number of carbonyl (C=O) groups excluding carboxylic acids is 2. The van der Waals surface area contributed by atoms with Crippen LogP contribution in [-0.2, 0) is 23.2 Å². The Morgan fingerprint density at radius 1 is 0.833 bits per heavy atom. The first-order valence-electron chi connectivity index (χ1n) is 7.08. The van der Waals surface area contributed by atoms with Crippen molar-refractivity contribution in [2.45, 2.75) is 52.6 Å². The maximum absolute atomic E-state index is 12.1. The lowest BCUT2D eigenvalue weighted by molar-refractivity contribution is -0.141. The third-order valence-electron chi connectivity index (χ3n) is 2.73. The lowest BCUT2D eigenvalue weighted by atomic mass is 10.1. The van der Waals surface area contributed by atoms with Crippen molar-refractivity contribution >= 4 is 84.8 Å². The van der Waals surface area contributed by atoms with E-state index in [0.29, 0.717) is 12.8 Å². The second kappa shape index (κ2) is 12.3. The summed E-state index contributed by atoms with van der Waals surface area (Å²) in [6.45, 7) is 7.73. The van der Waals surface area contributed by atoms with Crippen LogP contribution in [0.5, 0.6) is 0 Å². The fraction of sp³-hybridized carbons (Fsp3) is 0.833. The minimum absolute atomic E-state index is 0.200. The summed E-state index contributed by atoms with van der Waals surface area (Å²) in [7, 11) is -2.91. The van der Waals surface area contributed by atoms with E-state index in [1.165, 1.54) is 5.90 Å². The van der Waals surface area contributed by atoms with E-state index in [4.69, 9.17) is 9.05 Å². The van der Waals surface area contributed by atoms with E-state index in [1.54, 1.807) is 0 Å². The highest BCUT2D eigenvalue weighted by atomic mass is 79.9. The lowest BCUT2D eigenvalue weighted by Gasteiger charge is -2.18. The van der Waals surface area contributed by atoms with Gasteiger partial charge >= 0.3 is 20.2 Å². The van der Waals surface area contributed by atoms with Crippen LogP contribution in [0, 0.1) is 11.8 Å². The fourth-order valence-corrected chi connectivity index (χ4v) is 3.60. The Kier molecular flexibility index (Phi) is 12.8. The number of carbonyl (C=O) groups is 2. The Labute approximate surface area is 177 Å². The molecule has 0 fully saturated rings. The van der Waals surface area contributed by atoms with Gasteiger partial charge in [0.1, 0.15) is 12.1 Å². The minimum Gasteiger partial charge on any atom is -0.245 e. The third kappa shape index (κ3) is 10.1. The molecule has 0 aromatic rings. The first kappa shape index (κ1) is 24.9. The van der Waals surface area contributed by atoms with Gasteiger partial charge in [0.05, 0.1) is 0 Å². The second-order valence-electron chi connectivity index (χ2n) is 5.85. The molecular weight excluding hydrogens is 603 g/mol. The number of hydrogen-bond donors (Lipinski definition) is 0. The summed E-state index contributed by atoms with van der Waals surface area (Å²) >= 11 is 12.4. The monoisotopic (exact) mass is 619 g/mol. The molecule has 0 radical (unpaired) electrons. The van der Waals surface area contributed by atoms with Crippen molar-refractivity contribution in [3.05, 3.63) is 0 Å². The van der Waals surface area contributed by atoms with E-state index in [1.807, 2.05) is 27.7 Å². The topological polar surface area (TPSA) is 76.2 Å². The van der Waals surface area contributed by atoms with E-state index in [9.17, 15) is 14.2 Å². The molecule has 0 amide bonds. The van der Waals surface area contributed by atoms with Gasteiger partial charge in [-0.15, -0.1) is 0 Å². The van der Waals surface area contributed by atoms with Crippen molar-refractivity contribution in [1.82, 2.24) is 5.90 Å². The highest BCUT2D eigenvalue weighted by Crippen LogP contribution is 2.31. The van der Waals surface area contributed by atoms with Crippen molar-refractivity contribution in [1.29, 1.82) is 0 Å². The van der Waals surface area contributed by atoms with Gasteiger partial charge in [-0.2, -0.15) is 15.0 Å². The summed E-state index contributed by atoms with van der Waals surface area (Å²) in [6.07, 6.45) is 0.915. The van der Waals surface area contributed by atoms with Gasteiger partial charge in [-0.05, 0) is 24.7 Å². The van der Waals surface area contributed by atoms with E-state index < -0.39 is 32.3 Å². The molecule has 0 aliphatic heterocycles. The van der Waals surface area contributed by atoms with Crippen molar-refractivity contribution in [2.75, 3.05) is 0 Å². The highest BCUT2D eigenvalue weighted by Gasteiger charge is 2.40. The fourth-order valence-electron chi connectivity index (χ4n) is 1.69. The summed E-state index contributed by atoms with van der Waals surface area (Å²) in [6, 6.07) is -1.42. The van der Waals surface area contributed by atoms with Crippen molar-refractivity contribution < 1.29 is 23.2 Å². The van der Waals surface area contributed by atoms with Crippen molar-refractivity contribution in [3.63, 3.8) is 0 Å². The number of rotatable bonds is 10. The Balaban J connectivity index is 4.75. The minimum atomic E-state index is -2.91. The summed E-state index contributed by atoms with van der Waals surface area (Å²) in [5.41, 5.74) is 0. The number of hydrogen-bond acceptors (Lipinski definition) is 7. The van der Waals surface area contributed by atoms with Gasteiger partial charge in [-0.3, -0.25) is 0 Å². The van der Waals surface area contributed by atoms with Gasteiger partial charge < -0.3 is 0 Å². The van der Waals surface area contributed by atoms with Crippen LogP contribution < -0.4 is 0 Å². The van der Waals surface area contributed by atoms with Crippen LogP contribution in [0.1, 0.15) is 40.5 Å². The predicted molar refractivity (Wildman–Crippen MR) is 106 cm³/mol. The Bertz CT molecular complexity index is 413. The lowest BCUT2D eigenvalue weighted by Crippen LogP contribution is -2.33. The molecule has 0 N–H and O–H groups in total. The molecule has 12 heteroatoms. The number of nitrogens with zero attached hydrogens (tertiary/aromatic N) is 2. The van der Waals surface area contributed by atoms with Gasteiger partial charge in [0.2, 0.25) is 0 Å². The van der Waals surface area contributed by atoms with Gasteiger partial charge in [-0.1, -0.05) is 27.7 Å². The molecule has 0 aromatic heterocycles. The molecule has 0 saturated carbocycles. The zero-order valence-corrected chi connectivity index (χ0v) is 20.9. The first-order chi connectivity index (χ1) is 11.0. The zero-order valence-electron chi connectivity index (χ0n) is 13.6. The first-order valence-corrected chi connectivity index (χ1v) is 11.0. The van der Waals surface area contributed by atoms with E-state index in [2.05, 4.69) is 64.6 Å². The van der Waals surface area contributed by atoms with Crippen molar-refractivity contribution in [2.24, 2.45) is 11.8 Å². The van der Waals surface area contributed by atoms with Crippen LogP contribution in [0.3, 0.4) is 0 Å². The molecule has 24 heavy (non-hydrogen) atoms. The highest BCUT2D eigenvalue weighted by molar-refractivity contribution is 9.21. The van der Waals surface area contributed by atoms with Gasteiger partial charge in [0, 0.05) is 69.2 Å². The summed E-state index contributed by atoms with van der Waals surface area (Å²) < 4.78 is 24.0. The maximum Gasteiger partial charge on any atom is 0.811 e. The standard InChI is InChI=1S/C12H20Br4N2O5P/c1-7(2)5-9(17(13)14)11(19)22-24(21)23-12(20)10(18(15)16)6-8(3)4/h7-10H,5-6H2,1-4H3/q+1/t9-,10-/m0/s1. The van der Waals surface area contributed by atoms with Gasteiger partial charge in [-0.25, -0.2) is 9.59 Å². The van der Waals surface area contributed by atoms with E-state index in [0.717, 1.165) is 0 Å². The molecular formula is C12H20Br4N2O5P+. The zero-order chi connectivity index (χ0) is 19.0. The quantitative estimate of drug-likeness (QED) is 0.239. The smallest absolute Gasteiger partial charge is 0.245 e. The molecule has 0 aliphatic carbocycles. The van der Waals surface area contributed by atoms with Gasteiger partial charge in [0.25, 0.3) is 0 Å². The van der Waals surface area contributed by atoms with Crippen LogP contribution in [0.2, 0.25) is 0 Å². The predicted octanol–water partition coefficient (Wildman–Crippen LogP) is 5.40. The van der Waals surface area contributed by atoms with Crippen LogP contribution in [0.15, 0.2) is 0 Å². The summed E-state index contributed by atoms with van der Waals surface area (Å²) in [5, 5.41) is 0. The van der Waals surface area contributed by atoms with Crippen LogP contribution >= 0.6 is 72.8 Å². The molecule has 0 bridgehead atoms. The SMILES string of the molecule is CC(C)C[C@@H](C(=O)O[P+](=O)OC(=O)[C@H](CC(C)C)N(Br)Br)N(Br)Br. The molecule has 2 atom stereocenters. The normalized spacial score (nSPS) is 14.2. The van der Waals surface area contributed by atoms with Gasteiger partial charge in [0.15, 0.2) is 0 Å². The summed E-state index contributed by atoms with van der Waals surface area (Å²) in [5.74, 6) is -1.12. The summed E-state index contributed by atoms with van der Waals surface area (Å²) in [4.78, 5) is 24.1. The Morgan fingerprint density at radius 2 is 1.12 bits per heavy atom. The maximum atomic E-state index is 12.1. The van der Waals surface area contributed by atoms with Crippen molar-refractivity contribution in [3.8, 4) is 0 Å². The van der Waals surface area contributed by atoms with Crippen LogP contribution in [-0.4, -0.2) is 29.9 Å². The average Bonchev–Trinajstić information content (AvgIpc) is 2.40. The largest absolute Gasteiger partial charge is 0.811 e. The molecule has 0 heterocycles. The number of halogens is 4. The van der Waals surface area contributed by atoms with E-state index in [-0.39, 0.29) is 11.8 Å². The molecule has 140 valence electrons. The molecule has 0 rings (SSSR count). The molecule has 0 unspecified atom stereocenters. The van der Waals surface area contributed by atoms with Crippen LogP contribution in [0.25, 0.3) is 0 Å². The Morgan fingerprint density at radius 3 is 1.33 bits per heavy atom. The molecule has 0 saturated heterocycles. The van der Waals surface area contributed by atoms with Crippen LogP contribution in [0.4, 0.5) is 0 Å². The molecule has 0 aromatic carbocycles. The third-order valence-corrected chi connectivity index (χ3v) is 5.37. The molecule has 0 spiro atoms. The second-order valence-corrected chi connectivity index (χ2v) is 11.6. The molecule has 7 nitrogen and oxygen atoms in total. The Hall–Kier alpha value is 0.880.